The maximum Gasteiger partial charge on any atom is 0.218 e. The molecule has 0 aliphatic rings. The Morgan fingerprint density at radius 2 is 2.05 bits per heavy atom. The van der Waals surface area contributed by atoms with Gasteiger partial charge in [0.1, 0.15) is 0 Å². The molecule has 1 aromatic heterocycles. The molecule has 1 heterocycles. The molecule has 2 aromatic rings. The SMILES string of the molecule is COc1nc2ccccc2cc1CNCC(C)(C)CCO. The van der Waals surface area contributed by atoms with Gasteiger partial charge in [-0.2, -0.15) is 0 Å². The van der Waals surface area contributed by atoms with E-state index in [9.17, 15) is 0 Å². The minimum atomic E-state index is 0.0757. The van der Waals surface area contributed by atoms with Crippen molar-refractivity contribution in [3.63, 3.8) is 0 Å². The Morgan fingerprint density at radius 1 is 1.29 bits per heavy atom. The van der Waals surface area contributed by atoms with Crippen LogP contribution in [-0.2, 0) is 6.54 Å². The molecule has 0 aliphatic heterocycles. The number of pyridine rings is 1. The molecule has 0 bridgehead atoms. The van der Waals surface area contributed by atoms with Crippen molar-refractivity contribution in [2.24, 2.45) is 5.41 Å². The molecule has 21 heavy (non-hydrogen) atoms. The monoisotopic (exact) mass is 288 g/mol. The number of hydrogen-bond acceptors (Lipinski definition) is 4. The fraction of sp³-hybridized carbons (Fsp3) is 0.471. The fourth-order valence-corrected chi connectivity index (χ4v) is 2.37. The van der Waals surface area contributed by atoms with Crippen LogP contribution in [0.5, 0.6) is 5.88 Å². The Labute approximate surface area is 126 Å². The zero-order chi connectivity index (χ0) is 15.3. The third-order valence-corrected chi connectivity index (χ3v) is 3.66. The summed E-state index contributed by atoms with van der Waals surface area (Å²) in [5, 5.41) is 13.6. The van der Waals surface area contributed by atoms with Gasteiger partial charge in [-0.3, -0.25) is 0 Å². The molecule has 0 radical (unpaired) electrons. The molecule has 0 fully saturated rings. The van der Waals surface area contributed by atoms with Gasteiger partial charge in [0.05, 0.1) is 12.6 Å². The normalized spacial score (nSPS) is 11.8. The fourth-order valence-electron chi connectivity index (χ4n) is 2.37. The highest BCUT2D eigenvalue weighted by atomic mass is 16.5. The lowest BCUT2D eigenvalue weighted by Gasteiger charge is -2.24. The molecular formula is C17H24N2O2. The second kappa shape index (κ2) is 6.87. The van der Waals surface area contributed by atoms with E-state index in [0.29, 0.717) is 12.4 Å². The van der Waals surface area contributed by atoms with Crippen molar-refractivity contribution in [3.05, 3.63) is 35.9 Å². The summed E-state index contributed by atoms with van der Waals surface area (Å²) in [6.07, 6.45) is 0.785. The summed E-state index contributed by atoms with van der Waals surface area (Å²) in [5.74, 6) is 0.668. The average Bonchev–Trinajstić information content (AvgIpc) is 2.46. The standard InChI is InChI=1S/C17H24N2O2/c1-17(2,8-9-20)12-18-11-14-10-13-6-4-5-7-15(13)19-16(14)21-3/h4-7,10,18,20H,8-9,11-12H2,1-3H3. The first kappa shape index (κ1) is 15.7. The first-order valence-corrected chi connectivity index (χ1v) is 7.30. The number of aromatic nitrogens is 1. The van der Waals surface area contributed by atoms with Crippen molar-refractivity contribution in [2.45, 2.75) is 26.8 Å². The summed E-state index contributed by atoms with van der Waals surface area (Å²) in [7, 11) is 1.65. The van der Waals surface area contributed by atoms with Gasteiger partial charge >= 0.3 is 0 Å². The van der Waals surface area contributed by atoms with Gasteiger partial charge in [0, 0.05) is 30.6 Å². The van der Waals surface area contributed by atoms with Crippen LogP contribution in [0, 0.1) is 5.41 Å². The van der Waals surface area contributed by atoms with Crippen LogP contribution in [0.15, 0.2) is 30.3 Å². The van der Waals surface area contributed by atoms with E-state index in [1.807, 2.05) is 18.2 Å². The highest BCUT2D eigenvalue weighted by Crippen LogP contribution is 2.23. The van der Waals surface area contributed by atoms with Crippen LogP contribution in [-0.4, -0.2) is 30.4 Å². The maximum absolute atomic E-state index is 9.06. The third kappa shape index (κ3) is 4.16. The molecule has 0 atom stereocenters. The van der Waals surface area contributed by atoms with Crippen molar-refractivity contribution in [3.8, 4) is 5.88 Å². The molecule has 0 aliphatic carbocycles. The molecule has 2 N–H and O–H groups in total. The van der Waals surface area contributed by atoms with E-state index >= 15 is 0 Å². The number of fused-ring (bicyclic) bond motifs is 1. The lowest BCUT2D eigenvalue weighted by Crippen LogP contribution is -2.30. The zero-order valence-electron chi connectivity index (χ0n) is 13.0. The molecular weight excluding hydrogens is 264 g/mol. The number of aliphatic hydroxyl groups excluding tert-OH is 1. The van der Waals surface area contributed by atoms with E-state index < -0.39 is 0 Å². The second-order valence-electron chi connectivity index (χ2n) is 6.09. The number of methoxy groups -OCH3 is 1. The van der Waals surface area contributed by atoms with Crippen LogP contribution in [0.3, 0.4) is 0 Å². The summed E-state index contributed by atoms with van der Waals surface area (Å²) in [6, 6.07) is 10.1. The molecule has 0 saturated heterocycles. The van der Waals surface area contributed by atoms with Crippen LogP contribution in [0.2, 0.25) is 0 Å². The van der Waals surface area contributed by atoms with Gasteiger partial charge in [-0.25, -0.2) is 4.98 Å². The third-order valence-electron chi connectivity index (χ3n) is 3.66. The molecule has 1 aromatic carbocycles. The number of hydrogen-bond donors (Lipinski definition) is 2. The smallest absolute Gasteiger partial charge is 0.218 e. The molecule has 0 spiro atoms. The molecule has 0 saturated carbocycles. The van der Waals surface area contributed by atoms with Crippen molar-refractivity contribution in [2.75, 3.05) is 20.3 Å². The molecule has 114 valence electrons. The van der Waals surface area contributed by atoms with Gasteiger partial charge in [-0.1, -0.05) is 32.0 Å². The van der Waals surface area contributed by atoms with Crippen LogP contribution in [0.25, 0.3) is 10.9 Å². The summed E-state index contributed by atoms with van der Waals surface area (Å²) < 4.78 is 5.39. The van der Waals surface area contributed by atoms with E-state index in [0.717, 1.165) is 29.4 Å². The summed E-state index contributed by atoms with van der Waals surface area (Å²) in [6.45, 7) is 6.05. The van der Waals surface area contributed by atoms with Gasteiger partial charge in [0.2, 0.25) is 5.88 Å². The largest absolute Gasteiger partial charge is 0.481 e. The number of ether oxygens (including phenoxy) is 1. The Hall–Kier alpha value is -1.65. The second-order valence-corrected chi connectivity index (χ2v) is 6.09. The molecule has 2 rings (SSSR count). The number of aliphatic hydroxyl groups is 1. The van der Waals surface area contributed by atoms with Crippen LogP contribution >= 0.6 is 0 Å². The predicted molar refractivity (Wildman–Crippen MR) is 85.5 cm³/mol. The minimum absolute atomic E-state index is 0.0757. The Balaban J connectivity index is 2.10. The Morgan fingerprint density at radius 3 is 2.76 bits per heavy atom. The topological polar surface area (TPSA) is 54.4 Å². The molecule has 4 heteroatoms. The van der Waals surface area contributed by atoms with Crippen molar-refractivity contribution in [1.82, 2.24) is 10.3 Å². The number of nitrogens with one attached hydrogen (secondary N) is 1. The highest BCUT2D eigenvalue weighted by Gasteiger charge is 2.17. The van der Waals surface area contributed by atoms with Crippen LogP contribution < -0.4 is 10.1 Å². The molecule has 0 unspecified atom stereocenters. The van der Waals surface area contributed by atoms with E-state index in [1.165, 1.54) is 0 Å². The first-order valence-electron chi connectivity index (χ1n) is 7.30. The van der Waals surface area contributed by atoms with Crippen LogP contribution in [0.4, 0.5) is 0 Å². The Kier molecular flexibility index (Phi) is 5.15. The number of benzene rings is 1. The van der Waals surface area contributed by atoms with Gasteiger partial charge in [0.15, 0.2) is 0 Å². The predicted octanol–water partition coefficient (Wildman–Crippen LogP) is 2.74. The van der Waals surface area contributed by atoms with E-state index in [-0.39, 0.29) is 12.0 Å². The quantitative estimate of drug-likeness (QED) is 0.822. The minimum Gasteiger partial charge on any atom is -0.481 e. The zero-order valence-corrected chi connectivity index (χ0v) is 13.0. The van der Waals surface area contributed by atoms with Crippen LogP contribution in [0.1, 0.15) is 25.8 Å². The average molecular weight is 288 g/mol. The van der Waals surface area contributed by atoms with Crippen molar-refractivity contribution in [1.29, 1.82) is 0 Å². The van der Waals surface area contributed by atoms with Gasteiger partial charge in [-0.15, -0.1) is 0 Å². The summed E-state index contributed by atoms with van der Waals surface area (Å²) in [5.41, 5.74) is 2.07. The lowest BCUT2D eigenvalue weighted by atomic mass is 9.90. The number of para-hydroxylation sites is 1. The summed E-state index contributed by atoms with van der Waals surface area (Å²) in [4.78, 5) is 4.54. The molecule has 4 nitrogen and oxygen atoms in total. The Bertz CT molecular complexity index is 596. The van der Waals surface area contributed by atoms with Gasteiger partial charge in [-0.05, 0) is 24.0 Å². The van der Waals surface area contributed by atoms with Gasteiger partial charge in [0.25, 0.3) is 0 Å². The number of rotatable bonds is 7. The first-order chi connectivity index (χ1) is 10.1. The number of nitrogens with zero attached hydrogens (tertiary/aromatic N) is 1. The summed E-state index contributed by atoms with van der Waals surface area (Å²) >= 11 is 0. The van der Waals surface area contributed by atoms with Gasteiger partial charge < -0.3 is 15.2 Å². The lowest BCUT2D eigenvalue weighted by molar-refractivity contribution is 0.207. The maximum atomic E-state index is 9.06. The molecule has 0 amide bonds. The van der Waals surface area contributed by atoms with E-state index in [1.54, 1.807) is 7.11 Å². The highest BCUT2D eigenvalue weighted by molar-refractivity contribution is 5.80. The van der Waals surface area contributed by atoms with E-state index in [2.05, 4.69) is 36.3 Å². The van der Waals surface area contributed by atoms with Crippen molar-refractivity contribution < 1.29 is 9.84 Å². The van der Waals surface area contributed by atoms with Crippen molar-refractivity contribution >= 4 is 10.9 Å². The van der Waals surface area contributed by atoms with E-state index in [4.69, 9.17) is 9.84 Å².